The SMILES string of the molecule is NC(=O)c1cc(C(F)(F)F)cc(-c2cc(F)c(O)c(Cl)c2)c1-c1ccccc1. The van der Waals surface area contributed by atoms with Crippen LogP contribution in [0.2, 0.25) is 5.02 Å². The van der Waals surface area contributed by atoms with E-state index in [1.165, 1.54) is 0 Å². The number of rotatable bonds is 3. The van der Waals surface area contributed by atoms with Crippen LogP contribution in [0.15, 0.2) is 54.6 Å². The second kappa shape index (κ2) is 7.16. The van der Waals surface area contributed by atoms with Crippen LogP contribution in [0.25, 0.3) is 22.3 Å². The van der Waals surface area contributed by atoms with Crippen LogP contribution < -0.4 is 5.73 Å². The molecule has 0 unspecified atom stereocenters. The highest BCUT2D eigenvalue weighted by molar-refractivity contribution is 6.32. The van der Waals surface area contributed by atoms with E-state index < -0.39 is 29.2 Å². The van der Waals surface area contributed by atoms with Crippen LogP contribution in [-0.2, 0) is 6.18 Å². The molecule has 0 saturated carbocycles. The van der Waals surface area contributed by atoms with E-state index in [0.717, 1.165) is 18.2 Å². The molecule has 8 heteroatoms. The first-order valence-electron chi connectivity index (χ1n) is 7.88. The number of alkyl halides is 3. The number of phenols is 1. The first-order chi connectivity index (χ1) is 13.1. The molecule has 3 nitrogen and oxygen atoms in total. The summed E-state index contributed by atoms with van der Waals surface area (Å²) in [5.41, 5.74) is 4.21. The molecule has 0 bridgehead atoms. The van der Waals surface area contributed by atoms with Gasteiger partial charge in [-0.1, -0.05) is 41.9 Å². The van der Waals surface area contributed by atoms with Crippen LogP contribution in [0.1, 0.15) is 15.9 Å². The molecule has 28 heavy (non-hydrogen) atoms. The monoisotopic (exact) mass is 409 g/mol. The number of phenolic OH excluding ortho intramolecular Hbond substituents is 1. The van der Waals surface area contributed by atoms with Crippen molar-refractivity contribution in [3.8, 4) is 28.0 Å². The molecular formula is C20H12ClF4NO2. The zero-order chi connectivity index (χ0) is 20.6. The minimum absolute atomic E-state index is 0.0484. The van der Waals surface area contributed by atoms with Crippen molar-refractivity contribution >= 4 is 17.5 Å². The Bertz CT molecular complexity index is 1040. The summed E-state index contributed by atoms with van der Waals surface area (Å²) in [6, 6.07) is 11.5. The van der Waals surface area contributed by atoms with Crippen molar-refractivity contribution < 1.29 is 27.5 Å². The zero-order valence-electron chi connectivity index (χ0n) is 14.0. The molecule has 0 aliphatic rings. The number of nitrogens with two attached hydrogens (primary N) is 1. The molecule has 0 aromatic heterocycles. The lowest BCUT2D eigenvalue weighted by atomic mass is 9.88. The summed E-state index contributed by atoms with van der Waals surface area (Å²) in [7, 11) is 0. The lowest BCUT2D eigenvalue weighted by Gasteiger charge is -2.18. The van der Waals surface area contributed by atoms with E-state index in [4.69, 9.17) is 17.3 Å². The minimum atomic E-state index is -4.77. The lowest BCUT2D eigenvalue weighted by molar-refractivity contribution is -0.137. The Hall–Kier alpha value is -3.06. The zero-order valence-corrected chi connectivity index (χ0v) is 14.8. The average Bonchev–Trinajstić information content (AvgIpc) is 2.64. The van der Waals surface area contributed by atoms with E-state index in [2.05, 4.69) is 0 Å². The third kappa shape index (κ3) is 3.66. The molecule has 144 valence electrons. The predicted molar refractivity (Wildman–Crippen MR) is 97.5 cm³/mol. The molecule has 3 aromatic rings. The topological polar surface area (TPSA) is 63.3 Å². The number of halogens is 5. The summed E-state index contributed by atoms with van der Waals surface area (Å²) in [5, 5.41) is 9.15. The van der Waals surface area contributed by atoms with Gasteiger partial charge in [0.2, 0.25) is 5.91 Å². The molecule has 0 fully saturated rings. The fourth-order valence-electron chi connectivity index (χ4n) is 2.86. The van der Waals surface area contributed by atoms with Crippen molar-refractivity contribution in [2.45, 2.75) is 6.18 Å². The summed E-state index contributed by atoms with van der Waals surface area (Å²) in [4.78, 5) is 12.0. The highest BCUT2D eigenvalue weighted by atomic mass is 35.5. The number of primary amides is 1. The molecule has 3 rings (SSSR count). The number of carbonyl (C=O) groups is 1. The number of hydrogen-bond donors (Lipinski definition) is 2. The highest BCUT2D eigenvalue weighted by Crippen LogP contribution is 2.42. The fraction of sp³-hybridized carbons (Fsp3) is 0.0500. The summed E-state index contributed by atoms with van der Waals surface area (Å²) >= 11 is 5.80. The molecule has 0 spiro atoms. The number of amides is 1. The van der Waals surface area contributed by atoms with Crippen molar-refractivity contribution in [1.82, 2.24) is 0 Å². The Balaban J connectivity index is 2.45. The summed E-state index contributed by atoms with van der Waals surface area (Å²) in [5.74, 6) is -3.01. The van der Waals surface area contributed by atoms with Crippen LogP contribution in [0.4, 0.5) is 17.6 Å². The molecule has 3 N–H and O–H groups in total. The van der Waals surface area contributed by atoms with Gasteiger partial charge in [0.05, 0.1) is 10.6 Å². The molecule has 0 saturated heterocycles. The first-order valence-corrected chi connectivity index (χ1v) is 8.26. The van der Waals surface area contributed by atoms with Crippen LogP contribution in [0.5, 0.6) is 5.75 Å². The molecular weight excluding hydrogens is 398 g/mol. The smallest absolute Gasteiger partial charge is 0.416 e. The maximum atomic E-state index is 14.0. The highest BCUT2D eigenvalue weighted by Gasteiger charge is 2.33. The van der Waals surface area contributed by atoms with Gasteiger partial charge in [-0.2, -0.15) is 13.2 Å². The van der Waals surface area contributed by atoms with Gasteiger partial charge in [-0.25, -0.2) is 4.39 Å². The predicted octanol–water partition coefficient (Wildman–Crippen LogP) is 5.64. The lowest BCUT2D eigenvalue weighted by Crippen LogP contribution is -2.16. The van der Waals surface area contributed by atoms with Crippen molar-refractivity contribution in [2.24, 2.45) is 5.73 Å². The molecule has 0 aliphatic heterocycles. The number of hydrogen-bond acceptors (Lipinski definition) is 2. The van der Waals surface area contributed by atoms with Gasteiger partial charge < -0.3 is 10.8 Å². The maximum Gasteiger partial charge on any atom is 0.416 e. The first kappa shape index (κ1) is 19.7. The van der Waals surface area contributed by atoms with Crippen LogP contribution >= 0.6 is 11.6 Å². The summed E-state index contributed by atoms with van der Waals surface area (Å²) < 4.78 is 54.2. The van der Waals surface area contributed by atoms with Crippen molar-refractivity contribution in [3.63, 3.8) is 0 Å². The average molecular weight is 410 g/mol. The van der Waals surface area contributed by atoms with Gasteiger partial charge in [0.1, 0.15) is 0 Å². The normalized spacial score (nSPS) is 11.5. The Labute approximate surface area is 162 Å². The number of benzene rings is 3. The van der Waals surface area contributed by atoms with Crippen LogP contribution in [0, 0.1) is 5.82 Å². The molecule has 0 radical (unpaired) electrons. The molecule has 3 aromatic carbocycles. The summed E-state index contributed by atoms with van der Waals surface area (Å²) in [6.45, 7) is 0. The van der Waals surface area contributed by atoms with E-state index in [9.17, 15) is 27.5 Å². The quantitative estimate of drug-likeness (QED) is 0.550. The van der Waals surface area contributed by atoms with Gasteiger partial charge in [-0.3, -0.25) is 4.79 Å². The van der Waals surface area contributed by atoms with E-state index in [0.29, 0.717) is 11.6 Å². The van der Waals surface area contributed by atoms with Gasteiger partial charge >= 0.3 is 6.18 Å². The number of carbonyl (C=O) groups excluding carboxylic acids is 1. The van der Waals surface area contributed by atoms with Gasteiger partial charge in [0.25, 0.3) is 0 Å². The van der Waals surface area contributed by atoms with E-state index in [-0.39, 0.29) is 27.3 Å². The third-order valence-electron chi connectivity index (χ3n) is 4.12. The largest absolute Gasteiger partial charge is 0.504 e. The third-order valence-corrected chi connectivity index (χ3v) is 4.41. The minimum Gasteiger partial charge on any atom is -0.504 e. The number of aromatic hydroxyl groups is 1. The molecule has 0 heterocycles. The van der Waals surface area contributed by atoms with Gasteiger partial charge in [0, 0.05) is 11.1 Å². The molecule has 0 atom stereocenters. The van der Waals surface area contributed by atoms with Crippen LogP contribution in [0.3, 0.4) is 0 Å². The summed E-state index contributed by atoms with van der Waals surface area (Å²) in [6.07, 6.45) is -4.77. The van der Waals surface area contributed by atoms with Crippen molar-refractivity contribution in [3.05, 3.63) is 76.6 Å². The van der Waals surface area contributed by atoms with E-state index >= 15 is 0 Å². The second-order valence-corrected chi connectivity index (χ2v) is 6.37. The Morgan fingerprint density at radius 3 is 2.18 bits per heavy atom. The Morgan fingerprint density at radius 1 is 1.00 bits per heavy atom. The Morgan fingerprint density at radius 2 is 1.64 bits per heavy atom. The van der Waals surface area contributed by atoms with Gasteiger partial charge in [0.15, 0.2) is 11.6 Å². The molecule has 0 aliphatic carbocycles. The fourth-order valence-corrected chi connectivity index (χ4v) is 3.07. The maximum absolute atomic E-state index is 14.0. The van der Waals surface area contributed by atoms with Crippen LogP contribution in [-0.4, -0.2) is 11.0 Å². The van der Waals surface area contributed by atoms with Gasteiger partial charge in [-0.15, -0.1) is 0 Å². The van der Waals surface area contributed by atoms with Crippen molar-refractivity contribution in [1.29, 1.82) is 0 Å². The van der Waals surface area contributed by atoms with E-state index in [1.807, 2.05) is 0 Å². The second-order valence-electron chi connectivity index (χ2n) is 5.96. The van der Waals surface area contributed by atoms with Gasteiger partial charge in [-0.05, 0) is 41.0 Å². The van der Waals surface area contributed by atoms with Crippen molar-refractivity contribution in [2.75, 3.05) is 0 Å². The molecule has 1 amide bonds. The van der Waals surface area contributed by atoms with E-state index in [1.54, 1.807) is 30.3 Å². The Kier molecular flexibility index (Phi) is 5.04. The standard InChI is InChI=1S/C20H12ClF4NO2/c21-15-6-11(7-16(22)18(15)27)13-8-12(20(23,24)25)9-14(19(26)28)17(13)10-4-2-1-3-5-10/h1-9,27H,(H2,26,28).